The lowest BCUT2D eigenvalue weighted by Crippen LogP contribution is -2.22. The molecule has 9 heteroatoms. The van der Waals surface area contributed by atoms with E-state index in [2.05, 4.69) is 21.0 Å². The van der Waals surface area contributed by atoms with E-state index in [0.717, 1.165) is 11.1 Å². The molecule has 1 saturated heterocycles. The Morgan fingerprint density at radius 1 is 1.37 bits per heavy atom. The second-order valence-corrected chi connectivity index (χ2v) is 8.35. The van der Waals surface area contributed by atoms with Crippen LogP contribution in [0.2, 0.25) is 5.02 Å². The fraction of sp³-hybridized carbons (Fsp3) is 0.167. The van der Waals surface area contributed by atoms with E-state index in [0.29, 0.717) is 37.7 Å². The first-order chi connectivity index (χ1) is 13.0. The molecule has 1 aliphatic heterocycles. The van der Waals surface area contributed by atoms with Crippen molar-refractivity contribution in [3.8, 4) is 11.5 Å². The fourth-order valence-electron chi connectivity index (χ4n) is 2.27. The molecular formula is C18H14BrClN2O3S2. The smallest absolute Gasteiger partial charge is 0.259 e. The van der Waals surface area contributed by atoms with Gasteiger partial charge in [0.15, 0.2) is 15.8 Å². The molecule has 0 radical (unpaired) electrons. The Morgan fingerprint density at radius 2 is 2.11 bits per heavy atom. The van der Waals surface area contributed by atoms with Crippen LogP contribution in [0.15, 0.2) is 46.0 Å². The lowest BCUT2D eigenvalue weighted by molar-refractivity contribution is -0.123. The molecule has 1 aliphatic rings. The van der Waals surface area contributed by atoms with Crippen molar-refractivity contribution < 1.29 is 14.3 Å². The largest absolute Gasteiger partial charge is 0.493 e. The van der Waals surface area contributed by atoms with Gasteiger partial charge in [-0.05, 0) is 51.3 Å². The van der Waals surface area contributed by atoms with Crippen molar-refractivity contribution in [2.45, 2.75) is 6.61 Å². The zero-order valence-electron chi connectivity index (χ0n) is 14.1. The van der Waals surface area contributed by atoms with E-state index in [9.17, 15) is 4.79 Å². The van der Waals surface area contributed by atoms with E-state index in [1.807, 2.05) is 30.3 Å². The van der Waals surface area contributed by atoms with Crippen LogP contribution < -0.4 is 9.47 Å². The highest BCUT2D eigenvalue weighted by Gasteiger charge is 2.26. The van der Waals surface area contributed by atoms with Crippen molar-refractivity contribution in [1.82, 2.24) is 5.01 Å². The van der Waals surface area contributed by atoms with Crippen molar-refractivity contribution >= 4 is 68.0 Å². The number of hydrazone groups is 1. The number of nitrogens with zero attached hydrogens (tertiary/aromatic N) is 2. The maximum atomic E-state index is 11.7. The minimum Gasteiger partial charge on any atom is -0.493 e. The molecule has 2 aromatic rings. The molecule has 0 unspecified atom stereocenters. The fourth-order valence-corrected chi connectivity index (χ4v) is 3.94. The second-order valence-electron chi connectivity index (χ2n) is 5.45. The second kappa shape index (κ2) is 9.05. The van der Waals surface area contributed by atoms with Gasteiger partial charge >= 0.3 is 0 Å². The van der Waals surface area contributed by atoms with E-state index >= 15 is 0 Å². The first-order valence-corrected chi connectivity index (χ1v) is 10.3. The number of hydrogen-bond acceptors (Lipinski definition) is 6. The lowest BCUT2D eigenvalue weighted by Gasteiger charge is -2.14. The summed E-state index contributed by atoms with van der Waals surface area (Å²) in [6.07, 6.45) is 1.56. The summed E-state index contributed by atoms with van der Waals surface area (Å²) in [5.74, 6) is 1.31. The van der Waals surface area contributed by atoms with Crippen LogP contribution in [-0.2, 0) is 11.4 Å². The zero-order chi connectivity index (χ0) is 19.4. The first-order valence-electron chi connectivity index (χ1n) is 7.76. The number of rotatable bonds is 6. The third-order valence-corrected chi connectivity index (χ3v) is 5.78. The van der Waals surface area contributed by atoms with Crippen LogP contribution in [0.4, 0.5) is 0 Å². The van der Waals surface area contributed by atoms with Crippen LogP contribution in [0.5, 0.6) is 11.5 Å². The summed E-state index contributed by atoms with van der Waals surface area (Å²) >= 11 is 15.8. The van der Waals surface area contributed by atoms with Gasteiger partial charge in [0.05, 0.1) is 23.5 Å². The van der Waals surface area contributed by atoms with Gasteiger partial charge in [0.2, 0.25) is 0 Å². The van der Waals surface area contributed by atoms with E-state index in [1.165, 1.54) is 16.8 Å². The maximum absolute atomic E-state index is 11.7. The molecule has 1 fully saturated rings. The van der Waals surface area contributed by atoms with Crippen molar-refractivity contribution in [3.05, 3.63) is 57.0 Å². The number of thioether (sulfide) groups is 1. The molecule has 5 nitrogen and oxygen atoms in total. The van der Waals surface area contributed by atoms with Crippen molar-refractivity contribution in [1.29, 1.82) is 0 Å². The number of carbonyl (C=O) groups excluding carboxylic acids is 1. The Kier molecular flexibility index (Phi) is 6.75. The molecule has 1 heterocycles. The highest BCUT2D eigenvalue weighted by atomic mass is 79.9. The monoisotopic (exact) mass is 484 g/mol. The molecule has 0 N–H and O–H groups in total. The van der Waals surface area contributed by atoms with E-state index in [-0.39, 0.29) is 5.91 Å². The Hall–Kier alpha value is -1.61. The molecule has 27 heavy (non-hydrogen) atoms. The zero-order valence-corrected chi connectivity index (χ0v) is 18.1. The number of amides is 1. The SMILES string of the molecule is COc1cc(/C=N/N2C(=O)CSC2=S)cc(Br)c1OCc1ccc(Cl)cc1. The summed E-state index contributed by atoms with van der Waals surface area (Å²) in [4.78, 5) is 11.7. The molecule has 0 atom stereocenters. The Bertz CT molecular complexity index is 890. The third-order valence-electron chi connectivity index (χ3n) is 3.60. The van der Waals surface area contributed by atoms with Crippen LogP contribution in [-0.4, -0.2) is 34.3 Å². The van der Waals surface area contributed by atoms with Crippen LogP contribution >= 0.6 is 51.5 Å². The Morgan fingerprint density at radius 3 is 2.74 bits per heavy atom. The van der Waals surface area contributed by atoms with Gasteiger partial charge in [-0.1, -0.05) is 47.7 Å². The van der Waals surface area contributed by atoms with Gasteiger partial charge in [0, 0.05) is 5.02 Å². The molecule has 0 saturated carbocycles. The molecule has 2 aromatic carbocycles. The molecule has 0 spiro atoms. The van der Waals surface area contributed by atoms with Crippen molar-refractivity contribution in [3.63, 3.8) is 0 Å². The Balaban J connectivity index is 1.77. The summed E-state index contributed by atoms with van der Waals surface area (Å²) in [5, 5.41) is 6.07. The number of benzene rings is 2. The maximum Gasteiger partial charge on any atom is 0.259 e. The number of thiocarbonyl (C=S) groups is 1. The summed E-state index contributed by atoms with van der Waals surface area (Å²) in [7, 11) is 1.56. The predicted octanol–water partition coefficient (Wildman–Crippen LogP) is 4.88. The van der Waals surface area contributed by atoms with Gasteiger partial charge in [-0.2, -0.15) is 10.1 Å². The summed E-state index contributed by atoms with van der Waals surface area (Å²) < 4.78 is 12.5. The van der Waals surface area contributed by atoms with Crippen molar-refractivity contribution in [2.75, 3.05) is 12.9 Å². The topological polar surface area (TPSA) is 51.1 Å². The Labute approximate surface area is 179 Å². The van der Waals surface area contributed by atoms with E-state index in [1.54, 1.807) is 19.4 Å². The molecule has 0 aromatic heterocycles. The lowest BCUT2D eigenvalue weighted by atomic mass is 10.2. The highest BCUT2D eigenvalue weighted by Crippen LogP contribution is 2.37. The minimum atomic E-state index is -0.129. The predicted molar refractivity (Wildman–Crippen MR) is 116 cm³/mol. The quantitative estimate of drug-likeness (QED) is 0.431. The average molecular weight is 486 g/mol. The minimum absolute atomic E-state index is 0.129. The molecular weight excluding hydrogens is 472 g/mol. The normalized spacial score (nSPS) is 14.3. The van der Waals surface area contributed by atoms with Crippen LogP contribution in [0.3, 0.4) is 0 Å². The summed E-state index contributed by atoms with van der Waals surface area (Å²) in [5.41, 5.74) is 1.72. The van der Waals surface area contributed by atoms with E-state index < -0.39 is 0 Å². The summed E-state index contributed by atoms with van der Waals surface area (Å²) in [6, 6.07) is 11.0. The first kappa shape index (κ1) is 20.1. The van der Waals surface area contributed by atoms with Gasteiger partial charge < -0.3 is 9.47 Å². The van der Waals surface area contributed by atoms with Crippen LogP contribution in [0.25, 0.3) is 0 Å². The van der Waals surface area contributed by atoms with Gasteiger partial charge in [-0.15, -0.1) is 0 Å². The van der Waals surface area contributed by atoms with Crippen LogP contribution in [0.1, 0.15) is 11.1 Å². The molecule has 3 rings (SSSR count). The van der Waals surface area contributed by atoms with Crippen LogP contribution in [0, 0.1) is 0 Å². The van der Waals surface area contributed by atoms with Gasteiger partial charge in [0.1, 0.15) is 6.61 Å². The van der Waals surface area contributed by atoms with Gasteiger partial charge in [-0.25, -0.2) is 0 Å². The standard InChI is InChI=1S/C18H14BrClN2O3S2/c1-24-15-7-12(8-21-22-16(23)10-27-18(22)26)6-14(19)17(15)25-9-11-2-4-13(20)5-3-11/h2-8H,9-10H2,1H3/b21-8+. The highest BCUT2D eigenvalue weighted by molar-refractivity contribution is 9.10. The third kappa shape index (κ3) is 5.01. The van der Waals surface area contributed by atoms with E-state index in [4.69, 9.17) is 33.3 Å². The molecule has 140 valence electrons. The number of ether oxygens (including phenoxy) is 2. The number of halogens is 2. The van der Waals surface area contributed by atoms with Gasteiger partial charge in [0.25, 0.3) is 5.91 Å². The molecule has 0 bridgehead atoms. The number of methoxy groups -OCH3 is 1. The number of carbonyl (C=O) groups is 1. The van der Waals surface area contributed by atoms with Gasteiger partial charge in [-0.3, -0.25) is 4.79 Å². The average Bonchev–Trinajstić information content (AvgIpc) is 2.98. The number of hydrogen-bond donors (Lipinski definition) is 0. The molecule has 1 amide bonds. The van der Waals surface area contributed by atoms with Crippen molar-refractivity contribution in [2.24, 2.45) is 5.10 Å². The molecule has 0 aliphatic carbocycles. The summed E-state index contributed by atoms with van der Waals surface area (Å²) in [6.45, 7) is 0.368.